The molecule has 1 N–H and O–H groups in total. The third-order valence-corrected chi connectivity index (χ3v) is 5.79. The maximum Gasteiger partial charge on any atom is 0.339 e. The third kappa shape index (κ3) is 4.18. The summed E-state index contributed by atoms with van der Waals surface area (Å²) in [5, 5.41) is 4.08. The molecule has 0 atom stereocenters. The van der Waals surface area contributed by atoms with Crippen LogP contribution in [0.4, 0.5) is 0 Å². The summed E-state index contributed by atoms with van der Waals surface area (Å²) >= 11 is 0. The minimum absolute atomic E-state index is 0.0167. The molecule has 5 heteroatoms. The normalized spacial score (nSPS) is 17.9. The third-order valence-electron chi connectivity index (χ3n) is 5.79. The Hall–Kier alpha value is -2.30. The van der Waals surface area contributed by atoms with E-state index >= 15 is 0 Å². The van der Waals surface area contributed by atoms with Crippen LogP contribution in [0.1, 0.15) is 62.5 Å². The molecule has 1 aromatic carbocycles. The van der Waals surface area contributed by atoms with Crippen molar-refractivity contribution in [1.82, 2.24) is 5.32 Å². The van der Waals surface area contributed by atoms with E-state index in [-0.39, 0.29) is 24.2 Å². The molecular weight excluding hydrogens is 342 g/mol. The number of nitrogens with one attached hydrogen (secondary N) is 1. The molecule has 0 unspecified atom stereocenters. The first-order valence-electron chi connectivity index (χ1n) is 10.2. The molecule has 1 saturated carbocycles. The van der Waals surface area contributed by atoms with Crippen LogP contribution in [-0.2, 0) is 17.6 Å². The lowest BCUT2D eigenvalue weighted by Crippen LogP contribution is -2.38. The predicted molar refractivity (Wildman–Crippen MR) is 104 cm³/mol. The smallest absolute Gasteiger partial charge is 0.339 e. The maximum atomic E-state index is 12.2. The number of ether oxygens (including phenoxy) is 1. The van der Waals surface area contributed by atoms with Gasteiger partial charge in [0.05, 0.1) is 0 Å². The molecule has 1 aromatic heterocycles. The molecule has 4 rings (SSSR count). The van der Waals surface area contributed by atoms with Crippen LogP contribution in [-0.4, -0.2) is 18.6 Å². The quantitative estimate of drug-likeness (QED) is 0.830. The van der Waals surface area contributed by atoms with Crippen LogP contribution in [0.2, 0.25) is 0 Å². The number of amides is 1. The maximum absolute atomic E-state index is 12.2. The first-order valence-corrected chi connectivity index (χ1v) is 10.2. The van der Waals surface area contributed by atoms with Gasteiger partial charge in [0.1, 0.15) is 11.3 Å². The summed E-state index contributed by atoms with van der Waals surface area (Å²) in [6.45, 7) is -0.0167. The van der Waals surface area contributed by atoms with Crippen molar-refractivity contribution >= 4 is 16.9 Å². The molecule has 1 amide bonds. The van der Waals surface area contributed by atoms with Crippen LogP contribution in [0, 0.1) is 0 Å². The molecular formula is C22H27NO4. The van der Waals surface area contributed by atoms with Crippen LogP contribution < -0.4 is 15.7 Å². The SMILES string of the molecule is O=C(COc1ccc2c3c(c(=O)oc2c1)CCC3)NC1CCCCCCC1. The van der Waals surface area contributed by atoms with E-state index in [4.69, 9.17) is 9.15 Å². The van der Waals surface area contributed by atoms with Crippen LogP contribution in [0.3, 0.4) is 0 Å². The number of fused-ring (bicyclic) bond motifs is 3. The predicted octanol–water partition coefficient (Wildman–Crippen LogP) is 3.89. The van der Waals surface area contributed by atoms with Gasteiger partial charge in [0.25, 0.3) is 5.91 Å². The number of carbonyl (C=O) groups excluding carboxylic acids is 1. The zero-order chi connectivity index (χ0) is 18.6. The molecule has 2 aromatic rings. The highest BCUT2D eigenvalue weighted by atomic mass is 16.5. The van der Waals surface area contributed by atoms with Gasteiger partial charge in [-0.05, 0) is 49.8 Å². The molecule has 144 valence electrons. The summed E-state index contributed by atoms with van der Waals surface area (Å²) < 4.78 is 11.1. The van der Waals surface area contributed by atoms with Gasteiger partial charge < -0.3 is 14.5 Å². The fourth-order valence-electron chi connectivity index (χ4n) is 4.37. The van der Waals surface area contributed by atoms with Crippen molar-refractivity contribution in [2.24, 2.45) is 0 Å². The van der Waals surface area contributed by atoms with E-state index in [1.54, 1.807) is 6.07 Å². The highest BCUT2D eigenvalue weighted by Gasteiger charge is 2.20. The first-order chi connectivity index (χ1) is 13.2. The summed E-state index contributed by atoms with van der Waals surface area (Å²) in [4.78, 5) is 24.3. The number of benzene rings is 1. The van der Waals surface area contributed by atoms with Gasteiger partial charge in [-0.15, -0.1) is 0 Å². The zero-order valence-electron chi connectivity index (χ0n) is 15.7. The summed E-state index contributed by atoms with van der Waals surface area (Å²) in [5.41, 5.74) is 2.22. The molecule has 0 saturated heterocycles. The topological polar surface area (TPSA) is 68.5 Å². The van der Waals surface area contributed by atoms with Crippen molar-refractivity contribution in [3.05, 3.63) is 39.7 Å². The Kier molecular flexibility index (Phi) is 5.46. The number of hydrogen-bond donors (Lipinski definition) is 1. The number of aryl methyl sites for hydroxylation is 1. The van der Waals surface area contributed by atoms with Crippen molar-refractivity contribution in [2.45, 2.75) is 70.3 Å². The van der Waals surface area contributed by atoms with Gasteiger partial charge in [0.15, 0.2) is 6.61 Å². The van der Waals surface area contributed by atoms with E-state index in [2.05, 4.69) is 5.32 Å². The second kappa shape index (κ2) is 8.15. The summed E-state index contributed by atoms with van der Waals surface area (Å²) in [6.07, 6.45) is 11.0. The molecule has 0 radical (unpaired) electrons. The average Bonchev–Trinajstić information content (AvgIpc) is 3.13. The highest BCUT2D eigenvalue weighted by molar-refractivity contribution is 5.83. The van der Waals surface area contributed by atoms with E-state index in [0.29, 0.717) is 11.3 Å². The van der Waals surface area contributed by atoms with Gasteiger partial charge in [-0.2, -0.15) is 0 Å². The van der Waals surface area contributed by atoms with E-state index < -0.39 is 0 Å². The number of carbonyl (C=O) groups is 1. The molecule has 2 aliphatic carbocycles. The average molecular weight is 369 g/mol. The standard InChI is InChI=1S/C22H27NO4/c24-21(23-15-7-4-2-1-3-5-8-15)14-26-16-11-12-18-17-9-6-10-19(17)22(25)27-20(18)13-16/h11-13,15H,1-10,14H2,(H,23,24). The Morgan fingerprint density at radius 3 is 2.59 bits per heavy atom. The van der Waals surface area contributed by atoms with Gasteiger partial charge in [-0.3, -0.25) is 4.79 Å². The van der Waals surface area contributed by atoms with Gasteiger partial charge in [0.2, 0.25) is 0 Å². The fourth-order valence-corrected chi connectivity index (χ4v) is 4.37. The van der Waals surface area contributed by atoms with Gasteiger partial charge in [-0.1, -0.05) is 32.1 Å². The lowest BCUT2D eigenvalue weighted by Gasteiger charge is -2.21. The summed E-state index contributed by atoms with van der Waals surface area (Å²) in [5.74, 6) is 0.465. The van der Waals surface area contributed by atoms with Crippen molar-refractivity contribution < 1.29 is 13.9 Å². The second-order valence-corrected chi connectivity index (χ2v) is 7.76. The van der Waals surface area contributed by atoms with Crippen molar-refractivity contribution in [3.8, 4) is 5.75 Å². The molecule has 0 aliphatic heterocycles. The summed E-state index contributed by atoms with van der Waals surface area (Å²) in [7, 11) is 0. The Morgan fingerprint density at radius 2 is 1.78 bits per heavy atom. The molecule has 27 heavy (non-hydrogen) atoms. The molecule has 1 fully saturated rings. The Balaban J connectivity index is 1.39. The molecule has 5 nitrogen and oxygen atoms in total. The Morgan fingerprint density at radius 1 is 1.04 bits per heavy atom. The Labute approximate surface area is 159 Å². The molecule has 1 heterocycles. The van der Waals surface area contributed by atoms with E-state index in [1.165, 1.54) is 32.1 Å². The van der Waals surface area contributed by atoms with Crippen LogP contribution in [0.25, 0.3) is 11.0 Å². The minimum Gasteiger partial charge on any atom is -0.484 e. The lowest BCUT2D eigenvalue weighted by molar-refractivity contribution is -0.123. The Bertz CT molecular complexity index is 878. The highest BCUT2D eigenvalue weighted by Crippen LogP contribution is 2.29. The van der Waals surface area contributed by atoms with Crippen molar-refractivity contribution in [3.63, 3.8) is 0 Å². The zero-order valence-corrected chi connectivity index (χ0v) is 15.7. The van der Waals surface area contributed by atoms with Crippen molar-refractivity contribution in [1.29, 1.82) is 0 Å². The summed E-state index contributed by atoms with van der Waals surface area (Å²) in [6, 6.07) is 5.77. The molecule has 0 bridgehead atoms. The van der Waals surface area contributed by atoms with Gasteiger partial charge in [-0.25, -0.2) is 4.79 Å². The van der Waals surface area contributed by atoms with E-state index in [0.717, 1.165) is 48.6 Å². The fraction of sp³-hybridized carbons (Fsp3) is 0.545. The first kappa shape index (κ1) is 18.1. The van der Waals surface area contributed by atoms with Crippen molar-refractivity contribution in [2.75, 3.05) is 6.61 Å². The number of rotatable bonds is 4. The van der Waals surface area contributed by atoms with Crippen LogP contribution >= 0.6 is 0 Å². The van der Waals surface area contributed by atoms with Crippen LogP contribution in [0.5, 0.6) is 5.75 Å². The van der Waals surface area contributed by atoms with Gasteiger partial charge in [0, 0.05) is 23.1 Å². The lowest BCUT2D eigenvalue weighted by atomic mass is 9.97. The van der Waals surface area contributed by atoms with Crippen LogP contribution in [0.15, 0.2) is 27.4 Å². The second-order valence-electron chi connectivity index (χ2n) is 7.76. The molecule has 0 spiro atoms. The monoisotopic (exact) mass is 369 g/mol. The molecule has 2 aliphatic rings. The minimum atomic E-state index is -0.242. The number of hydrogen-bond acceptors (Lipinski definition) is 4. The van der Waals surface area contributed by atoms with E-state index in [1.807, 2.05) is 12.1 Å². The largest absolute Gasteiger partial charge is 0.484 e. The van der Waals surface area contributed by atoms with E-state index in [9.17, 15) is 9.59 Å². The van der Waals surface area contributed by atoms with Gasteiger partial charge >= 0.3 is 5.63 Å².